The minimum atomic E-state index is 0.227. The van der Waals surface area contributed by atoms with Crippen molar-refractivity contribution in [1.29, 1.82) is 0 Å². The summed E-state index contributed by atoms with van der Waals surface area (Å²) in [5.41, 5.74) is 1.88. The molecule has 0 saturated heterocycles. The number of rotatable bonds is 4. The fraction of sp³-hybridized carbons (Fsp3) is 0.188. The monoisotopic (exact) mass is 286 g/mol. The van der Waals surface area contributed by atoms with Gasteiger partial charge < -0.3 is 9.73 Å². The normalized spacial score (nSPS) is 12.5. The molecule has 1 aromatic carbocycles. The number of halogens is 1. The lowest BCUT2D eigenvalue weighted by Crippen LogP contribution is -2.18. The van der Waals surface area contributed by atoms with Gasteiger partial charge in [0.1, 0.15) is 5.76 Å². The number of hydrogen-bond acceptors (Lipinski definition) is 3. The van der Waals surface area contributed by atoms with E-state index >= 15 is 0 Å². The predicted octanol–water partition coefficient (Wildman–Crippen LogP) is 4.52. The molecule has 4 heteroatoms. The molecule has 0 fully saturated rings. The first-order valence-electron chi connectivity index (χ1n) is 6.55. The van der Waals surface area contributed by atoms with Gasteiger partial charge in [-0.1, -0.05) is 17.7 Å². The SMILES string of the molecule is CC(Cc1ccco1)Nc1cc(Cl)cc2cccnc12. The van der Waals surface area contributed by atoms with E-state index in [4.69, 9.17) is 16.0 Å². The third-order valence-electron chi connectivity index (χ3n) is 3.16. The van der Waals surface area contributed by atoms with E-state index in [9.17, 15) is 0 Å². The molecule has 102 valence electrons. The largest absolute Gasteiger partial charge is 0.469 e. The fourth-order valence-electron chi connectivity index (χ4n) is 2.31. The van der Waals surface area contributed by atoms with Gasteiger partial charge in [-0.05, 0) is 37.3 Å². The number of nitrogens with zero attached hydrogens (tertiary/aromatic N) is 1. The topological polar surface area (TPSA) is 38.1 Å². The summed E-state index contributed by atoms with van der Waals surface area (Å²) in [6.07, 6.45) is 4.30. The number of aromatic nitrogens is 1. The van der Waals surface area contributed by atoms with Crippen molar-refractivity contribution in [3.63, 3.8) is 0 Å². The van der Waals surface area contributed by atoms with Gasteiger partial charge in [0.25, 0.3) is 0 Å². The quantitative estimate of drug-likeness (QED) is 0.766. The molecule has 0 aliphatic rings. The summed E-state index contributed by atoms with van der Waals surface area (Å²) in [5.74, 6) is 0.962. The average molecular weight is 287 g/mol. The van der Waals surface area contributed by atoms with E-state index in [1.54, 1.807) is 12.5 Å². The van der Waals surface area contributed by atoms with Crippen molar-refractivity contribution < 1.29 is 4.42 Å². The Labute approximate surface area is 122 Å². The summed E-state index contributed by atoms with van der Waals surface area (Å²) in [5, 5.41) is 5.20. The van der Waals surface area contributed by atoms with Crippen LogP contribution in [0.1, 0.15) is 12.7 Å². The van der Waals surface area contributed by atoms with Crippen LogP contribution in [-0.4, -0.2) is 11.0 Å². The van der Waals surface area contributed by atoms with E-state index in [2.05, 4.69) is 17.2 Å². The molecule has 0 aliphatic heterocycles. The van der Waals surface area contributed by atoms with Crippen LogP contribution in [0.15, 0.2) is 53.3 Å². The minimum absolute atomic E-state index is 0.227. The summed E-state index contributed by atoms with van der Waals surface area (Å²) >= 11 is 6.16. The molecular formula is C16H15ClN2O. The number of pyridine rings is 1. The highest BCUT2D eigenvalue weighted by Gasteiger charge is 2.09. The van der Waals surface area contributed by atoms with E-state index in [0.717, 1.165) is 28.8 Å². The summed E-state index contributed by atoms with van der Waals surface area (Å²) in [7, 11) is 0. The zero-order valence-electron chi connectivity index (χ0n) is 11.1. The second-order valence-electron chi connectivity index (χ2n) is 4.86. The van der Waals surface area contributed by atoms with E-state index < -0.39 is 0 Å². The molecular weight excluding hydrogens is 272 g/mol. The first-order chi connectivity index (χ1) is 9.72. The molecule has 3 aromatic rings. The summed E-state index contributed by atoms with van der Waals surface area (Å²) in [4.78, 5) is 4.43. The van der Waals surface area contributed by atoms with Crippen molar-refractivity contribution >= 4 is 28.2 Å². The molecule has 3 rings (SSSR count). The van der Waals surface area contributed by atoms with Crippen LogP contribution in [-0.2, 0) is 6.42 Å². The molecule has 1 atom stereocenters. The Morgan fingerprint density at radius 2 is 2.20 bits per heavy atom. The van der Waals surface area contributed by atoms with E-state index in [1.165, 1.54) is 0 Å². The van der Waals surface area contributed by atoms with Crippen molar-refractivity contribution in [2.24, 2.45) is 0 Å². The van der Waals surface area contributed by atoms with Crippen LogP contribution in [0.25, 0.3) is 10.9 Å². The van der Waals surface area contributed by atoms with Crippen molar-refractivity contribution in [3.8, 4) is 0 Å². The Hall–Kier alpha value is -2.00. The molecule has 20 heavy (non-hydrogen) atoms. The van der Waals surface area contributed by atoms with Crippen LogP contribution in [0.3, 0.4) is 0 Å². The number of benzene rings is 1. The summed E-state index contributed by atoms with van der Waals surface area (Å²) < 4.78 is 5.37. The maximum Gasteiger partial charge on any atom is 0.105 e. The number of anilines is 1. The number of furan rings is 1. The first-order valence-corrected chi connectivity index (χ1v) is 6.93. The van der Waals surface area contributed by atoms with Gasteiger partial charge in [0.05, 0.1) is 17.5 Å². The number of fused-ring (bicyclic) bond motifs is 1. The second kappa shape index (κ2) is 5.55. The predicted molar refractivity (Wildman–Crippen MR) is 82.2 cm³/mol. The zero-order chi connectivity index (χ0) is 13.9. The standard InChI is InChI=1S/C16H15ClN2O/c1-11(8-14-5-3-7-20-14)19-15-10-13(17)9-12-4-2-6-18-16(12)15/h2-7,9-11,19H,8H2,1H3. The lowest BCUT2D eigenvalue weighted by Gasteiger charge is -2.16. The molecule has 0 saturated carbocycles. The van der Waals surface area contributed by atoms with Crippen LogP contribution in [0, 0.1) is 0 Å². The highest BCUT2D eigenvalue weighted by molar-refractivity contribution is 6.31. The molecule has 1 unspecified atom stereocenters. The van der Waals surface area contributed by atoms with Crippen LogP contribution in [0.4, 0.5) is 5.69 Å². The maximum atomic E-state index is 6.16. The van der Waals surface area contributed by atoms with Crippen LogP contribution in [0.5, 0.6) is 0 Å². The highest BCUT2D eigenvalue weighted by atomic mass is 35.5. The van der Waals surface area contributed by atoms with Crippen LogP contribution in [0.2, 0.25) is 5.02 Å². The van der Waals surface area contributed by atoms with Gasteiger partial charge in [-0.15, -0.1) is 0 Å². The fourth-order valence-corrected chi connectivity index (χ4v) is 2.54. The van der Waals surface area contributed by atoms with E-state index in [-0.39, 0.29) is 6.04 Å². The van der Waals surface area contributed by atoms with Gasteiger partial charge in [-0.2, -0.15) is 0 Å². The van der Waals surface area contributed by atoms with Crippen molar-refractivity contribution in [2.75, 3.05) is 5.32 Å². The van der Waals surface area contributed by atoms with Crippen molar-refractivity contribution in [2.45, 2.75) is 19.4 Å². The molecule has 0 amide bonds. The molecule has 0 bridgehead atoms. The smallest absolute Gasteiger partial charge is 0.105 e. The number of nitrogens with one attached hydrogen (secondary N) is 1. The van der Waals surface area contributed by atoms with E-state index in [0.29, 0.717) is 5.02 Å². The van der Waals surface area contributed by atoms with Gasteiger partial charge in [0.15, 0.2) is 0 Å². The molecule has 2 heterocycles. The molecule has 2 aromatic heterocycles. The van der Waals surface area contributed by atoms with Gasteiger partial charge in [0, 0.05) is 29.1 Å². The van der Waals surface area contributed by atoms with E-state index in [1.807, 2.05) is 36.4 Å². The lowest BCUT2D eigenvalue weighted by molar-refractivity contribution is 0.498. The van der Waals surface area contributed by atoms with Gasteiger partial charge in [-0.25, -0.2) is 0 Å². The zero-order valence-corrected chi connectivity index (χ0v) is 11.9. The average Bonchev–Trinajstić information content (AvgIpc) is 2.91. The van der Waals surface area contributed by atoms with Gasteiger partial charge in [0.2, 0.25) is 0 Å². The molecule has 0 radical (unpaired) electrons. The first kappa shape index (κ1) is 13.0. The minimum Gasteiger partial charge on any atom is -0.469 e. The molecule has 0 aliphatic carbocycles. The summed E-state index contributed by atoms with van der Waals surface area (Å²) in [6.45, 7) is 2.11. The lowest BCUT2D eigenvalue weighted by atomic mass is 10.1. The molecule has 1 N–H and O–H groups in total. The Kier molecular flexibility index (Phi) is 3.61. The van der Waals surface area contributed by atoms with Crippen molar-refractivity contribution in [1.82, 2.24) is 4.98 Å². The van der Waals surface area contributed by atoms with Gasteiger partial charge in [-0.3, -0.25) is 4.98 Å². The highest BCUT2D eigenvalue weighted by Crippen LogP contribution is 2.27. The Morgan fingerprint density at radius 3 is 3.00 bits per heavy atom. The van der Waals surface area contributed by atoms with Crippen LogP contribution >= 0.6 is 11.6 Å². The maximum absolute atomic E-state index is 6.16. The number of hydrogen-bond donors (Lipinski definition) is 1. The van der Waals surface area contributed by atoms with Crippen molar-refractivity contribution in [3.05, 3.63) is 59.6 Å². The summed E-state index contributed by atoms with van der Waals surface area (Å²) in [6, 6.07) is 11.9. The Bertz CT molecular complexity index is 710. The van der Waals surface area contributed by atoms with Crippen LogP contribution < -0.4 is 5.32 Å². The van der Waals surface area contributed by atoms with Gasteiger partial charge >= 0.3 is 0 Å². The molecule has 3 nitrogen and oxygen atoms in total. The molecule has 0 spiro atoms. The second-order valence-corrected chi connectivity index (χ2v) is 5.29. The third kappa shape index (κ3) is 2.78. The Balaban J connectivity index is 1.86. The Morgan fingerprint density at radius 1 is 1.30 bits per heavy atom. The third-order valence-corrected chi connectivity index (χ3v) is 3.38.